The van der Waals surface area contributed by atoms with Crippen molar-refractivity contribution in [1.82, 2.24) is 9.97 Å². The van der Waals surface area contributed by atoms with Crippen molar-refractivity contribution in [3.8, 4) is 0 Å². The molecular weight excluding hydrogens is 422 g/mol. The van der Waals surface area contributed by atoms with E-state index in [4.69, 9.17) is 16.6 Å². The van der Waals surface area contributed by atoms with E-state index in [1.165, 1.54) is 11.3 Å². The Bertz CT molecular complexity index is 1140. The number of nitrogens with zero attached hydrogens (tertiary/aromatic N) is 3. The van der Waals surface area contributed by atoms with Crippen molar-refractivity contribution in [1.29, 1.82) is 0 Å². The molecule has 0 atom stereocenters. The molecule has 0 fully saturated rings. The van der Waals surface area contributed by atoms with E-state index in [9.17, 15) is 4.79 Å². The van der Waals surface area contributed by atoms with Gasteiger partial charge in [0.05, 0.1) is 27.5 Å². The van der Waals surface area contributed by atoms with Crippen LogP contribution in [0.2, 0.25) is 5.02 Å². The van der Waals surface area contributed by atoms with E-state index < -0.39 is 0 Å². The van der Waals surface area contributed by atoms with E-state index in [1.54, 1.807) is 22.9 Å². The molecule has 0 bridgehead atoms. The summed E-state index contributed by atoms with van der Waals surface area (Å²) in [6.45, 7) is 2.33. The van der Waals surface area contributed by atoms with Crippen LogP contribution in [0.25, 0.3) is 10.2 Å². The average molecular weight is 440 g/mol. The number of aromatic nitrogens is 2. The number of thioether (sulfide) groups is 1. The molecule has 146 valence electrons. The minimum Gasteiger partial charge on any atom is -0.278 e. The Labute approximate surface area is 182 Å². The van der Waals surface area contributed by atoms with Crippen LogP contribution in [0.5, 0.6) is 0 Å². The number of rotatable bonds is 5. The third kappa shape index (κ3) is 4.15. The molecule has 2 aromatic carbocycles. The normalized spacial score (nSPS) is 11.0. The van der Waals surface area contributed by atoms with Crippen molar-refractivity contribution >= 4 is 56.0 Å². The van der Waals surface area contributed by atoms with Crippen molar-refractivity contribution in [2.45, 2.75) is 18.4 Å². The average Bonchev–Trinajstić information content (AvgIpc) is 3.21. The van der Waals surface area contributed by atoms with Gasteiger partial charge >= 0.3 is 0 Å². The van der Waals surface area contributed by atoms with Crippen LogP contribution in [0.3, 0.4) is 0 Å². The van der Waals surface area contributed by atoms with Gasteiger partial charge in [-0.05, 0) is 55.1 Å². The largest absolute Gasteiger partial charge is 0.278 e. The molecule has 4 aromatic rings. The summed E-state index contributed by atoms with van der Waals surface area (Å²) in [5.41, 5.74) is 3.27. The van der Waals surface area contributed by atoms with E-state index in [1.807, 2.05) is 67.8 Å². The van der Waals surface area contributed by atoms with Crippen LogP contribution >= 0.6 is 34.7 Å². The zero-order valence-electron chi connectivity index (χ0n) is 15.9. The highest BCUT2D eigenvalue weighted by atomic mass is 35.5. The zero-order valence-corrected chi connectivity index (χ0v) is 18.3. The number of pyridine rings is 1. The van der Waals surface area contributed by atoms with Crippen molar-refractivity contribution in [2.75, 3.05) is 11.2 Å². The standard InChI is InChI=1S/C22H18ClN3OS2/c1-14-9-10-18(23)20-19(14)25-22(29-20)26(13-16-7-3-4-11-24-16)21(27)15-6-5-8-17(12-15)28-2/h3-12H,13H2,1-2H3. The van der Waals surface area contributed by atoms with E-state index >= 15 is 0 Å². The minimum absolute atomic E-state index is 0.112. The van der Waals surface area contributed by atoms with Crippen LogP contribution in [-0.4, -0.2) is 22.1 Å². The lowest BCUT2D eigenvalue weighted by Crippen LogP contribution is -2.30. The molecule has 0 saturated heterocycles. The number of benzene rings is 2. The molecule has 0 saturated carbocycles. The van der Waals surface area contributed by atoms with Gasteiger partial charge in [0.25, 0.3) is 5.91 Å². The van der Waals surface area contributed by atoms with Crippen LogP contribution < -0.4 is 4.90 Å². The SMILES string of the molecule is CSc1cccc(C(=O)N(Cc2ccccn2)c2nc3c(C)ccc(Cl)c3s2)c1. The smallest absolute Gasteiger partial charge is 0.260 e. The van der Waals surface area contributed by atoms with Crippen molar-refractivity contribution in [3.63, 3.8) is 0 Å². The summed E-state index contributed by atoms with van der Waals surface area (Å²) in [4.78, 5) is 25.4. The maximum absolute atomic E-state index is 13.5. The van der Waals surface area contributed by atoms with Crippen LogP contribution in [0.15, 0.2) is 65.7 Å². The maximum atomic E-state index is 13.5. The number of fused-ring (bicyclic) bond motifs is 1. The van der Waals surface area contributed by atoms with Gasteiger partial charge in [-0.2, -0.15) is 0 Å². The molecule has 0 aliphatic rings. The first-order valence-corrected chi connectivity index (χ1v) is 11.4. The van der Waals surface area contributed by atoms with Crippen LogP contribution in [0, 0.1) is 6.92 Å². The van der Waals surface area contributed by atoms with Gasteiger partial charge in [0, 0.05) is 16.7 Å². The molecule has 4 nitrogen and oxygen atoms in total. The quantitative estimate of drug-likeness (QED) is 0.346. The number of thiazole rings is 1. The van der Waals surface area contributed by atoms with Gasteiger partial charge in [0.2, 0.25) is 0 Å². The predicted octanol–water partition coefficient (Wildman–Crippen LogP) is 6.22. The summed E-state index contributed by atoms with van der Waals surface area (Å²) in [6.07, 6.45) is 3.72. The first kappa shape index (κ1) is 19.9. The topological polar surface area (TPSA) is 46.1 Å². The Morgan fingerprint density at radius 3 is 2.76 bits per heavy atom. The molecule has 0 spiro atoms. The van der Waals surface area contributed by atoms with Crippen molar-refractivity contribution in [2.24, 2.45) is 0 Å². The number of aryl methyl sites for hydroxylation is 1. The summed E-state index contributed by atoms with van der Waals surface area (Å²) in [6, 6.07) is 17.1. The van der Waals surface area contributed by atoms with Crippen LogP contribution in [0.4, 0.5) is 5.13 Å². The number of halogens is 1. The fourth-order valence-corrected chi connectivity index (χ4v) is 4.77. The second-order valence-electron chi connectivity index (χ2n) is 6.48. The molecule has 1 amide bonds. The monoisotopic (exact) mass is 439 g/mol. The second-order valence-corrected chi connectivity index (χ2v) is 8.75. The molecule has 0 radical (unpaired) electrons. The summed E-state index contributed by atoms with van der Waals surface area (Å²) < 4.78 is 0.887. The van der Waals surface area contributed by atoms with Gasteiger partial charge < -0.3 is 0 Å². The number of amides is 1. The van der Waals surface area contributed by atoms with Gasteiger partial charge in [-0.25, -0.2) is 4.98 Å². The lowest BCUT2D eigenvalue weighted by atomic mass is 10.2. The molecule has 7 heteroatoms. The van der Waals surface area contributed by atoms with Crippen molar-refractivity contribution in [3.05, 3.63) is 82.6 Å². The van der Waals surface area contributed by atoms with Crippen molar-refractivity contribution < 1.29 is 4.79 Å². The summed E-state index contributed by atoms with van der Waals surface area (Å²) in [7, 11) is 0. The third-order valence-electron chi connectivity index (χ3n) is 4.52. The summed E-state index contributed by atoms with van der Waals surface area (Å²) >= 11 is 9.43. The first-order valence-electron chi connectivity index (χ1n) is 8.98. The number of anilines is 1. The Hall–Kier alpha value is -2.41. The van der Waals surface area contributed by atoms with Gasteiger partial charge in [-0.15, -0.1) is 11.8 Å². The fraction of sp³-hybridized carbons (Fsp3) is 0.136. The predicted molar refractivity (Wildman–Crippen MR) is 122 cm³/mol. The maximum Gasteiger partial charge on any atom is 0.260 e. The van der Waals surface area contributed by atoms with Crippen LogP contribution in [0.1, 0.15) is 21.6 Å². The van der Waals surface area contributed by atoms with E-state index in [0.29, 0.717) is 22.3 Å². The molecule has 2 aromatic heterocycles. The number of hydrogen-bond donors (Lipinski definition) is 0. The highest BCUT2D eigenvalue weighted by molar-refractivity contribution is 7.98. The number of hydrogen-bond acceptors (Lipinski definition) is 5. The Balaban J connectivity index is 1.81. The summed E-state index contributed by atoms with van der Waals surface area (Å²) in [5, 5.41) is 1.25. The lowest BCUT2D eigenvalue weighted by Gasteiger charge is -2.20. The molecule has 4 rings (SSSR count). The zero-order chi connectivity index (χ0) is 20.4. The molecule has 0 N–H and O–H groups in total. The highest BCUT2D eigenvalue weighted by Crippen LogP contribution is 2.36. The number of carbonyl (C=O) groups excluding carboxylic acids is 1. The molecule has 29 heavy (non-hydrogen) atoms. The molecular formula is C22H18ClN3OS2. The Morgan fingerprint density at radius 2 is 2.03 bits per heavy atom. The van der Waals surface area contributed by atoms with Gasteiger partial charge in [0.1, 0.15) is 0 Å². The lowest BCUT2D eigenvalue weighted by molar-refractivity contribution is 0.0984. The molecule has 2 heterocycles. The van der Waals surface area contributed by atoms with E-state index in [-0.39, 0.29) is 5.91 Å². The highest BCUT2D eigenvalue weighted by Gasteiger charge is 2.23. The third-order valence-corrected chi connectivity index (χ3v) is 6.79. The first-order chi connectivity index (χ1) is 14.1. The second kappa shape index (κ2) is 8.53. The fourth-order valence-electron chi connectivity index (χ4n) is 3.00. The number of carbonyl (C=O) groups is 1. The Kier molecular flexibility index (Phi) is 5.85. The van der Waals surface area contributed by atoms with E-state index in [2.05, 4.69) is 4.98 Å². The minimum atomic E-state index is -0.112. The van der Waals surface area contributed by atoms with Gasteiger partial charge in [0.15, 0.2) is 5.13 Å². The van der Waals surface area contributed by atoms with Gasteiger partial charge in [-0.1, -0.05) is 41.1 Å². The molecule has 0 aliphatic carbocycles. The molecule has 0 aliphatic heterocycles. The Morgan fingerprint density at radius 1 is 1.17 bits per heavy atom. The van der Waals surface area contributed by atoms with E-state index in [0.717, 1.165) is 26.4 Å². The summed E-state index contributed by atoms with van der Waals surface area (Å²) in [5.74, 6) is -0.112. The van der Waals surface area contributed by atoms with Crippen LogP contribution in [-0.2, 0) is 6.54 Å². The molecule has 0 unspecified atom stereocenters. The van der Waals surface area contributed by atoms with Gasteiger partial charge in [-0.3, -0.25) is 14.7 Å².